The van der Waals surface area contributed by atoms with E-state index in [1.807, 2.05) is 6.07 Å². The van der Waals surface area contributed by atoms with Gasteiger partial charge in [0, 0.05) is 6.42 Å². The van der Waals surface area contributed by atoms with Gasteiger partial charge in [0.2, 0.25) is 0 Å². The molecule has 0 amide bonds. The summed E-state index contributed by atoms with van der Waals surface area (Å²) in [4.78, 5) is 37.7. The minimum Gasteiger partial charge on any atom is -0.459 e. The normalized spacial score (nSPS) is 23.9. The summed E-state index contributed by atoms with van der Waals surface area (Å²) < 4.78 is 18.1. The van der Waals surface area contributed by atoms with Crippen LogP contribution in [0.3, 0.4) is 0 Å². The molecular weight excluding hydrogens is 466 g/mol. The van der Waals surface area contributed by atoms with Crippen molar-refractivity contribution >= 4 is 28.9 Å². The van der Waals surface area contributed by atoms with Gasteiger partial charge in [0.15, 0.2) is 11.5 Å². The van der Waals surface area contributed by atoms with Crippen LogP contribution < -0.4 is 5.32 Å². The first-order valence-electron chi connectivity index (χ1n) is 12.2. The summed E-state index contributed by atoms with van der Waals surface area (Å²) in [6.07, 6.45) is 5.87. The third-order valence-corrected chi connectivity index (χ3v) is 6.50. The zero-order valence-electron chi connectivity index (χ0n) is 19.8. The molecule has 2 N–H and O–H groups in total. The first kappa shape index (κ1) is 24.1. The number of aromatic nitrogens is 4. The molecule has 2 aromatic heterocycles. The average molecular weight is 496 g/mol. The molecule has 4 atom stereocenters. The van der Waals surface area contributed by atoms with Crippen molar-refractivity contribution < 1.29 is 28.9 Å². The molecule has 11 heteroatoms. The predicted molar refractivity (Wildman–Crippen MR) is 128 cm³/mol. The van der Waals surface area contributed by atoms with Gasteiger partial charge < -0.3 is 29.2 Å². The van der Waals surface area contributed by atoms with Crippen LogP contribution >= 0.6 is 0 Å². The number of aliphatic hydroxyl groups excluding tert-OH is 1. The Balaban J connectivity index is 1.13. The van der Waals surface area contributed by atoms with Crippen molar-refractivity contribution in [3.05, 3.63) is 48.5 Å². The number of nitrogens with zero attached hydrogens (tertiary/aromatic N) is 4. The van der Waals surface area contributed by atoms with E-state index in [2.05, 4.69) is 20.3 Å². The van der Waals surface area contributed by atoms with Gasteiger partial charge in [0.25, 0.3) is 0 Å². The lowest BCUT2D eigenvalue weighted by Gasteiger charge is -2.28. The lowest BCUT2D eigenvalue weighted by Crippen LogP contribution is -2.36. The van der Waals surface area contributed by atoms with Crippen molar-refractivity contribution in [1.82, 2.24) is 19.5 Å². The number of rotatable bonds is 8. The molecule has 0 bridgehead atoms. The summed E-state index contributed by atoms with van der Waals surface area (Å²) in [5.74, 6) is -0.323. The summed E-state index contributed by atoms with van der Waals surface area (Å²) in [5.41, 5.74) is 1.51. The van der Waals surface area contributed by atoms with Gasteiger partial charge >= 0.3 is 11.9 Å². The van der Waals surface area contributed by atoms with E-state index in [1.54, 1.807) is 28.8 Å². The van der Waals surface area contributed by atoms with E-state index in [0.29, 0.717) is 29.0 Å². The van der Waals surface area contributed by atoms with Crippen molar-refractivity contribution in [3.63, 3.8) is 0 Å². The number of fused-ring (bicyclic) bond motifs is 1. The van der Waals surface area contributed by atoms with Gasteiger partial charge in [0.1, 0.15) is 31.1 Å². The van der Waals surface area contributed by atoms with Gasteiger partial charge in [-0.3, -0.25) is 4.79 Å². The van der Waals surface area contributed by atoms with E-state index in [4.69, 9.17) is 14.2 Å². The van der Waals surface area contributed by atoms with Crippen LogP contribution in [0.25, 0.3) is 11.2 Å². The standard InChI is InChI=1S/C25H29N5O6/c31-20-9-5-4-8-19(20)29-23-22-24(27-14-26-23)30(15-28-22)11-21(32)36-18-10-17(34-13-18)12-35-25(33)16-6-2-1-3-7-16/h1-3,6-7,14-15,17-20,31H,4-5,8-13H2,(H,26,27,29). The highest BCUT2D eigenvalue weighted by atomic mass is 16.6. The third kappa shape index (κ3) is 5.63. The van der Waals surface area contributed by atoms with Crippen LogP contribution in [0.5, 0.6) is 0 Å². The SMILES string of the molecule is O=C(Cn1cnc2c(NC3CCCCC3O)ncnc21)OC1COC(COC(=O)c2ccccc2)C1. The Bertz CT molecular complexity index is 1200. The Morgan fingerprint density at radius 1 is 1.14 bits per heavy atom. The molecule has 1 saturated carbocycles. The molecule has 1 saturated heterocycles. The first-order valence-corrected chi connectivity index (χ1v) is 12.2. The van der Waals surface area contributed by atoms with E-state index in [0.717, 1.165) is 25.7 Å². The average Bonchev–Trinajstić information content (AvgIpc) is 3.52. The van der Waals surface area contributed by atoms with Gasteiger partial charge in [-0.25, -0.2) is 19.7 Å². The number of benzene rings is 1. The number of imidazole rings is 1. The van der Waals surface area contributed by atoms with Gasteiger partial charge in [-0.05, 0) is 25.0 Å². The molecule has 3 heterocycles. The molecule has 190 valence electrons. The number of carbonyl (C=O) groups is 2. The molecule has 0 spiro atoms. The van der Waals surface area contributed by atoms with Gasteiger partial charge in [0.05, 0.1) is 36.7 Å². The van der Waals surface area contributed by atoms with Crippen LogP contribution in [0.15, 0.2) is 43.0 Å². The van der Waals surface area contributed by atoms with Crippen LogP contribution in [0.1, 0.15) is 42.5 Å². The fourth-order valence-electron chi connectivity index (χ4n) is 4.62. The molecule has 2 fully saturated rings. The topological polar surface area (TPSA) is 138 Å². The predicted octanol–water partition coefficient (Wildman–Crippen LogP) is 2.10. The first-order chi connectivity index (χ1) is 17.6. The quantitative estimate of drug-likeness (QED) is 0.447. The Labute approximate surface area is 207 Å². The van der Waals surface area contributed by atoms with Crippen molar-refractivity contribution in [2.45, 2.75) is 63.0 Å². The van der Waals surface area contributed by atoms with Crippen molar-refractivity contribution in [2.75, 3.05) is 18.5 Å². The number of hydrogen-bond acceptors (Lipinski definition) is 10. The van der Waals surface area contributed by atoms with E-state index < -0.39 is 24.1 Å². The zero-order chi connectivity index (χ0) is 24.9. The Hall–Kier alpha value is -3.57. The Kier molecular flexibility index (Phi) is 7.38. The molecule has 1 aliphatic carbocycles. The molecule has 36 heavy (non-hydrogen) atoms. The fraction of sp³-hybridized carbons (Fsp3) is 0.480. The van der Waals surface area contributed by atoms with Gasteiger partial charge in [-0.1, -0.05) is 31.0 Å². The molecule has 0 radical (unpaired) electrons. The maximum atomic E-state index is 12.6. The van der Waals surface area contributed by atoms with Crippen LogP contribution in [0, 0.1) is 0 Å². The Morgan fingerprint density at radius 3 is 2.81 bits per heavy atom. The number of anilines is 1. The molecule has 2 aliphatic rings. The molecule has 1 aliphatic heterocycles. The second-order valence-electron chi connectivity index (χ2n) is 9.14. The molecule has 11 nitrogen and oxygen atoms in total. The van der Waals surface area contributed by atoms with Gasteiger partial charge in [-0.15, -0.1) is 0 Å². The zero-order valence-corrected chi connectivity index (χ0v) is 19.8. The maximum absolute atomic E-state index is 12.6. The highest BCUT2D eigenvalue weighted by Crippen LogP contribution is 2.25. The summed E-state index contributed by atoms with van der Waals surface area (Å²) >= 11 is 0. The highest BCUT2D eigenvalue weighted by Gasteiger charge is 2.30. The van der Waals surface area contributed by atoms with Crippen molar-refractivity contribution in [3.8, 4) is 0 Å². The van der Waals surface area contributed by atoms with Crippen molar-refractivity contribution in [2.24, 2.45) is 0 Å². The van der Waals surface area contributed by atoms with Crippen LogP contribution in [0.4, 0.5) is 5.82 Å². The number of aliphatic hydroxyl groups is 1. The smallest absolute Gasteiger partial charge is 0.338 e. The van der Waals surface area contributed by atoms with Crippen molar-refractivity contribution in [1.29, 1.82) is 0 Å². The largest absolute Gasteiger partial charge is 0.459 e. The second kappa shape index (κ2) is 11.0. The summed E-state index contributed by atoms with van der Waals surface area (Å²) in [7, 11) is 0. The summed E-state index contributed by atoms with van der Waals surface area (Å²) in [5, 5.41) is 13.6. The lowest BCUT2D eigenvalue weighted by molar-refractivity contribution is -0.149. The maximum Gasteiger partial charge on any atom is 0.338 e. The monoisotopic (exact) mass is 495 g/mol. The van der Waals surface area contributed by atoms with E-state index in [1.165, 1.54) is 12.7 Å². The number of hydrogen-bond donors (Lipinski definition) is 2. The lowest BCUT2D eigenvalue weighted by atomic mass is 9.92. The summed E-state index contributed by atoms with van der Waals surface area (Å²) in [6, 6.07) is 8.65. The van der Waals surface area contributed by atoms with Crippen LogP contribution in [0.2, 0.25) is 0 Å². The number of carbonyl (C=O) groups excluding carboxylic acids is 2. The van der Waals surface area contributed by atoms with E-state index in [-0.39, 0.29) is 31.9 Å². The number of esters is 2. The second-order valence-corrected chi connectivity index (χ2v) is 9.14. The van der Waals surface area contributed by atoms with E-state index >= 15 is 0 Å². The highest BCUT2D eigenvalue weighted by molar-refractivity contribution is 5.89. The molecule has 4 unspecified atom stereocenters. The molecule has 5 rings (SSSR count). The minimum absolute atomic E-state index is 0.0663. The molecular formula is C25H29N5O6. The third-order valence-electron chi connectivity index (χ3n) is 6.50. The molecule has 1 aromatic carbocycles. The number of nitrogens with one attached hydrogen (secondary N) is 1. The van der Waals surface area contributed by atoms with Crippen LogP contribution in [-0.4, -0.2) is 74.1 Å². The summed E-state index contributed by atoms with van der Waals surface area (Å²) in [6.45, 7) is 0.267. The fourth-order valence-corrected chi connectivity index (χ4v) is 4.62. The van der Waals surface area contributed by atoms with E-state index in [9.17, 15) is 14.7 Å². The van der Waals surface area contributed by atoms with Crippen LogP contribution in [-0.2, 0) is 25.5 Å². The Morgan fingerprint density at radius 2 is 1.97 bits per heavy atom. The number of ether oxygens (including phenoxy) is 3. The molecule has 3 aromatic rings. The van der Waals surface area contributed by atoms with Gasteiger partial charge in [-0.2, -0.15) is 0 Å². The minimum atomic E-state index is -0.444.